The van der Waals surface area contributed by atoms with Crippen molar-refractivity contribution in [2.45, 2.75) is 19.8 Å². The van der Waals surface area contributed by atoms with Crippen molar-refractivity contribution in [3.8, 4) is 0 Å². The van der Waals surface area contributed by atoms with Crippen molar-refractivity contribution in [3.05, 3.63) is 29.1 Å². The van der Waals surface area contributed by atoms with E-state index in [1.165, 1.54) is 11.1 Å². The van der Waals surface area contributed by atoms with Gasteiger partial charge in [0.15, 0.2) is 0 Å². The van der Waals surface area contributed by atoms with Crippen LogP contribution in [0.15, 0.2) is 12.3 Å². The van der Waals surface area contributed by atoms with E-state index in [0.717, 1.165) is 18.5 Å². The molecule has 0 fully saturated rings. The SMILES string of the molecule is Cc1cnnc2c1C=CCC2. The highest BCUT2D eigenvalue weighted by Crippen LogP contribution is 2.18. The van der Waals surface area contributed by atoms with Crippen LogP contribution >= 0.6 is 0 Å². The second-order valence-electron chi connectivity index (χ2n) is 2.83. The van der Waals surface area contributed by atoms with Crippen molar-refractivity contribution in [1.82, 2.24) is 10.2 Å². The second kappa shape index (κ2) is 2.46. The lowest BCUT2D eigenvalue weighted by atomic mass is 10.0. The van der Waals surface area contributed by atoms with Crippen molar-refractivity contribution in [2.24, 2.45) is 0 Å². The van der Waals surface area contributed by atoms with Crippen LogP contribution in [0.1, 0.15) is 23.2 Å². The van der Waals surface area contributed by atoms with Gasteiger partial charge in [-0.2, -0.15) is 10.2 Å². The molecular formula is C9H10N2. The normalized spacial score (nSPS) is 14.6. The van der Waals surface area contributed by atoms with Gasteiger partial charge in [0.2, 0.25) is 0 Å². The van der Waals surface area contributed by atoms with E-state index in [-0.39, 0.29) is 0 Å². The van der Waals surface area contributed by atoms with Crippen molar-refractivity contribution in [2.75, 3.05) is 0 Å². The highest BCUT2D eigenvalue weighted by Gasteiger charge is 2.07. The van der Waals surface area contributed by atoms with Crippen LogP contribution in [0.5, 0.6) is 0 Å². The first-order valence-electron chi connectivity index (χ1n) is 3.85. The second-order valence-corrected chi connectivity index (χ2v) is 2.83. The van der Waals surface area contributed by atoms with Gasteiger partial charge in [0.05, 0.1) is 11.9 Å². The van der Waals surface area contributed by atoms with Gasteiger partial charge in [0.1, 0.15) is 0 Å². The summed E-state index contributed by atoms with van der Waals surface area (Å²) < 4.78 is 0. The topological polar surface area (TPSA) is 25.8 Å². The molecular weight excluding hydrogens is 136 g/mol. The van der Waals surface area contributed by atoms with E-state index >= 15 is 0 Å². The molecule has 0 saturated carbocycles. The molecule has 0 atom stereocenters. The molecule has 0 bridgehead atoms. The Kier molecular flexibility index (Phi) is 1.46. The Hall–Kier alpha value is -1.18. The summed E-state index contributed by atoms with van der Waals surface area (Å²) in [5.41, 5.74) is 3.64. The molecule has 0 spiro atoms. The Morgan fingerprint density at radius 2 is 2.36 bits per heavy atom. The zero-order valence-corrected chi connectivity index (χ0v) is 6.54. The molecule has 11 heavy (non-hydrogen) atoms. The lowest BCUT2D eigenvalue weighted by Crippen LogP contribution is -2.01. The third-order valence-corrected chi connectivity index (χ3v) is 2.00. The van der Waals surface area contributed by atoms with Gasteiger partial charge < -0.3 is 0 Å². The van der Waals surface area contributed by atoms with E-state index in [2.05, 4.69) is 29.3 Å². The van der Waals surface area contributed by atoms with Crippen LogP contribution in [0.3, 0.4) is 0 Å². The van der Waals surface area contributed by atoms with E-state index in [4.69, 9.17) is 0 Å². The van der Waals surface area contributed by atoms with Crippen molar-refractivity contribution >= 4 is 6.08 Å². The maximum absolute atomic E-state index is 4.08. The minimum absolute atomic E-state index is 1.04. The first-order chi connectivity index (χ1) is 5.38. The molecule has 0 aromatic carbocycles. The molecule has 2 nitrogen and oxygen atoms in total. The van der Waals surface area contributed by atoms with Crippen LogP contribution in [-0.2, 0) is 6.42 Å². The van der Waals surface area contributed by atoms with Crippen LogP contribution in [0.4, 0.5) is 0 Å². The third-order valence-electron chi connectivity index (χ3n) is 2.00. The number of hydrogen-bond acceptors (Lipinski definition) is 2. The first-order valence-corrected chi connectivity index (χ1v) is 3.85. The number of rotatable bonds is 0. The van der Waals surface area contributed by atoms with Crippen LogP contribution in [0.25, 0.3) is 6.08 Å². The molecule has 1 heterocycles. The Bertz CT molecular complexity index is 302. The Morgan fingerprint density at radius 3 is 3.18 bits per heavy atom. The molecule has 0 aliphatic heterocycles. The molecule has 1 aliphatic rings. The highest BCUT2D eigenvalue weighted by molar-refractivity contribution is 5.56. The Labute approximate surface area is 66.0 Å². The highest BCUT2D eigenvalue weighted by atomic mass is 15.1. The number of fused-ring (bicyclic) bond motifs is 1. The molecule has 2 heteroatoms. The summed E-state index contributed by atoms with van der Waals surface area (Å²) in [4.78, 5) is 0. The first kappa shape index (κ1) is 6.53. The fourth-order valence-electron chi connectivity index (χ4n) is 1.37. The van der Waals surface area contributed by atoms with Gasteiger partial charge in [-0.1, -0.05) is 12.2 Å². The number of aryl methyl sites for hydroxylation is 2. The molecule has 0 radical (unpaired) electrons. The predicted octanol–water partition coefficient (Wildman–Crippen LogP) is 1.74. The summed E-state index contributed by atoms with van der Waals surface area (Å²) in [7, 11) is 0. The molecule has 0 N–H and O–H groups in total. The maximum atomic E-state index is 4.08. The maximum Gasteiger partial charge on any atom is 0.0708 e. The summed E-state index contributed by atoms with van der Waals surface area (Å²) >= 11 is 0. The largest absolute Gasteiger partial charge is 0.159 e. The van der Waals surface area contributed by atoms with Crippen LogP contribution < -0.4 is 0 Å². The Morgan fingerprint density at radius 1 is 1.45 bits per heavy atom. The fourth-order valence-corrected chi connectivity index (χ4v) is 1.37. The summed E-state index contributed by atoms with van der Waals surface area (Å²) in [5.74, 6) is 0. The van der Waals surface area contributed by atoms with E-state index in [0.29, 0.717) is 0 Å². The van der Waals surface area contributed by atoms with E-state index in [1.807, 2.05) is 6.20 Å². The molecule has 56 valence electrons. The molecule has 0 amide bonds. The van der Waals surface area contributed by atoms with Crippen molar-refractivity contribution < 1.29 is 0 Å². The quantitative estimate of drug-likeness (QED) is 0.557. The minimum atomic E-state index is 1.04. The monoisotopic (exact) mass is 146 g/mol. The predicted molar refractivity (Wildman–Crippen MR) is 44.1 cm³/mol. The lowest BCUT2D eigenvalue weighted by Gasteiger charge is -2.09. The number of aromatic nitrogens is 2. The van der Waals surface area contributed by atoms with Gasteiger partial charge in [0, 0.05) is 5.56 Å². The zero-order valence-electron chi connectivity index (χ0n) is 6.54. The van der Waals surface area contributed by atoms with Crippen molar-refractivity contribution in [3.63, 3.8) is 0 Å². The molecule has 2 rings (SSSR count). The average Bonchev–Trinajstić information content (AvgIpc) is 2.06. The van der Waals surface area contributed by atoms with Gasteiger partial charge in [-0.05, 0) is 25.3 Å². The summed E-state index contributed by atoms with van der Waals surface area (Å²) in [6.07, 6.45) is 8.29. The smallest absolute Gasteiger partial charge is 0.0708 e. The molecule has 1 aromatic rings. The lowest BCUT2D eigenvalue weighted by molar-refractivity contribution is 0.854. The molecule has 0 saturated heterocycles. The average molecular weight is 146 g/mol. The number of nitrogens with zero attached hydrogens (tertiary/aromatic N) is 2. The molecule has 1 aliphatic carbocycles. The minimum Gasteiger partial charge on any atom is -0.159 e. The van der Waals surface area contributed by atoms with E-state index < -0.39 is 0 Å². The van der Waals surface area contributed by atoms with Gasteiger partial charge >= 0.3 is 0 Å². The molecule has 1 aromatic heterocycles. The van der Waals surface area contributed by atoms with Gasteiger partial charge in [-0.25, -0.2) is 0 Å². The van der Waals surface area contributed by atoms with E-state index in [9.17, 15) is 0 Å². The van der Waals surface area contributed by atoms with Gasteiger partial charge in [-0.3, -0.25) is 0 Å². The van der Waals surface area contributed by atoms with Crippen molar-refractivity contribution in [1.29, 1.82) is 0 Å². The third kappa shape index (κ3) is 1.04. The standard InChI is InChI=1S/C9H10N2/c1-7-6-10-11-9-5-3-2-4-8(7)9/h2,4,6H,3,5H2,1H3. The number of allylic oxidation sites excluding steroid dienone is 1. The fraction of sp³-hybridized carbons (Fsp3) is 0.333. The van der Waals surface area contributed by atoms with Gasteiger partial charge in [-0.15, -0.1) is 0 Å². The van der Waals surface area contributed by atoms with Crippen LogP contribution in [0, 0.1) is 6.92 Å². The van der Waals surface area contributed by atoms with Crippen LogP contribution in [0.2, 0.25) is 0 Å². The van der Waals surface area contributed by atoms with E-state index in [1.54, 1.807) is 0 Å². The zero-order chi connectivity index (χ0) is 7.68. The summed E-state index contributed by atoms with van der Waals surface area (Å²) in [5, 5.41) is 7.99. The molecule has 0 unspecified atom stereocenters. The van der Waals surface area contributed by atoms with Gasteiger partial charge in [0.25, 0.3) is 0 Å². The van der Waals surface area contributed by atoms with Crippen LogP contribution in [-0.4, -0.2) is 10.2 Å². The number of hydrogen-bond donors (Lipinski definition) is 0. The summed E-state index contributed by atoms with van der Waals surface area (Å²) in [6.45, 7) is 2.07. The summed E-state index contributed by atoms with van der Waals surface area (Å²) in [6, 6.07) is 0. The Balaban J connectivity index is 2.60.